The predicted molar refractivity (Wildman–Crippen MR) is 76.0 cm³/mol. The quantitative estimate of drug-likeness (QED) is 0.867. The van der Waals surface area contributed by atoms with E-state index in [4.69, 9.17) is 15.7 Å². The number of nitrogens with zero attached hydrogens (tertiary/aromatic N) is 3. The zero-order chi connectivity index (χ0) is 13.8. The topological polar surface area (TPSA) is 84.8 Å². The minimum absolute atomic E-state index is 0.175. The molecule has 2 N–H and O–H groups in total. The minimum Gasteiger partial charge on any atom is -0.496 e. The third-order valence-electron chi connectivity index (χ3n) is 2.24. The summed E-state index contributed by atoms with van der Waals surface area (Å²) in [7, 11) is 1.60. The van der Waals surface area contributed by atoms with Crippen LogP contribution in [0.3, 0.4) is 0 Å². The van der Waals surface area contributed by atoms with Crippen LogP contribution in [-0.2, 0) is 0 Å². The SMILES string of the molecule is COc1ccc(Br)cc1Sc1ncc(C#N)c(N)n1. The summed E-state index contributed by atoms with van der Waals surface area (Å²) in [4.78, 5) is 9.03. The molecule has 2 aromatic rings. The molecule has 0 fully saturated rings. The van der Waals surface area contributed by atoms with Gasteiger partial charge >= 0.3 is 0 Å². The molecular formula is C12H9BrN4OS. The number of hydrogen-bond donors (Lipinski definition) is 1. The number of halogens is 1. The lowest BCUT2D eigenvalue weighted by molar-refractivity contribution is 0.404. The molecule has 1 aromatic heterocycles. The van der Waals surface area contributed by atoms with E-state index < -0.39 is 0 Å². The first-order chi connectivity index (χ1) is 9.13. The van der Waals surface area contributed by atoms with Crippen LogP contribution in [0.2, 0.25) is 0 Å². The second kappa shape index (κ2) is 5.91. The summed E-state index contributed by atoms with van der Waals surface area (Å²) in [5.74, 6) is 0.897. The Kier molecular flexibility index (Phi) is 4.24. The number of ether oxygens (including phenoxy) is 1. The van der Waals surface area contributed by atoms with E-state index in [1.165, 1.54) is 18.0 Å². The van der Waals surface area contributed by atoms with Crippen LogP contribution in [0, 0.1) is 11.3 Å². The molecule has 0 unspecified atom stereocenters. The molecule has 0 radical (unpaired) electrons. The standard InChI is InChI=1S/C12H9BrN4OS/c1-18-9-3-2-8(13)4-10(9)19-12-16-6-7(5-14)11(15)17-12/h2-4,6H,1H3,(H2,15,16,17). The van der Waals surface area contributed by atoms with Gasteiger partial charge in [-0.3, -0.25) is 0 Å². The van der Waals surface area contributed by atoms with Crippen molar-refractivity contribution in [1.29, 1.82) is 5.26 Å². The Hall–Kier alpha value is -1.78. The predicted octanol–water partition coefficient (Wildman–Crippen LogP) is 2.85. The van der Waals surface area contributed by atoms with Gasteiger partial charge in [0.15, 0.2) is 5.16 Å². The van der Waals surface area contributed by atoms with Gasteiger partial charge in [-0.2, -0.15) is 5.26 Å². The third-order valence-corrected chi connectivity index (χ3v) is 3.65. The molecule has 0 aliphatic heterocycles. The number of rotatable bonds is 3. The Bertz CT molecular complexity index is 657. The molecule has 0 saturated heterocycles. The average Bonchev–Trinajstić information content (AvgIpc) is 2.39. The van der Waals surface area contributed by atoms with E-state index in [1.54, 1.807) is 7.11 Å². The number of nitrogen functional groups attached to an aromatic ring is 1. The monoisotopic (exact) mass is 336 g/mol. The van der Waals surface area contributed by atoms with Crippen molar-refractivity contribution in [3.05, 3.63) is 34.4 Å². The average molecular weight is 337 g/mol. The number of nitrogens with two attached hydrogens (primary N) is 1. The van der Waals surface area contributed by atoms with Crippen LogP contribution < -0.4 is 10.5 Å². The van der Waals surface area contributed by atoms with E-state index >= 15 is 0 Å². The summed E-state index contributed by atoms with van der Waals surface area (Å²) in [6.45, 7) is 0. The molecule has 1 aromatic carbocycles. The van der Waals surface area contributed by atoms with Crippen molar-refractivity contribution >= 4 is 33.5 Å². The summed E-state index contributed by atoms with van der Waals surface area (Å²) in [5.41, 5.74) is 5.93. The first-order valence-corrected chi connectivity index (χ1v) is 6.79. The largest absolute Gasteiger partial charge is 0.496 e. The molecular weight excluding hydrogens is 328 g/mol. The molecule has 0 amide bonds. The number of aromatic nitrogens is 2. The molecule has 5 nitrogen and oxygen atoms in total. The fourth-order valence-corrected chi connectivity index (χ4v) is 2.74. The molecule has 2 rings (SSSR count). The van der Waals surface area contributed by atoms with Crippen LogP contribution in [0.4, 0.5) is 5.82 Å². The highest BCUT2D eigenvalue weighted by atomic mass is 79.9. The van der Waals surface area contributed by atoms with E-state index in [-0.39, 0.29) is 11.4 Å². The molecule has 19 heavy (non-hydrogen) atoms. The van der Waals surface area contributed by atoms with Crippen molar-refractivity contribution in [2.45, 2.75) is 10.1 Å². The van der Waals surface area contributed by atoms with Gasteiger partial charge in [0.1, 0.15) is 23.2 Å². The Labute approximate surface area is 122 Å². The number of nitriles is 1. The van der Waals surface area contributed by atoms with Gasteiger partial charge in [-0.05, 0) is 30.0 Å². The second-order valence-electron chi connectivity index (χ2n) is 3.46. The zero-order valence-corrected chi connectivity index (χ0v) is 12.3. The van der Waals surface area contributed by atoms with Gasteiger partial charge < -0.3 is 10.5 Å². The molecule has 0 atom stereocenters. The van der Waals surface area contributed by atoms with Crippen molar-refractivity contribution in [3.63, 3.8) is 0 Å². The van der Waals surface area contributed by atoms with Gasteiger partial charge in [-0.1, -0.05) is 15.9 Å². The van der Waals surface area contributed by atoms with Crippen LogP contribution in [0.25, 0.3) is 0 Å². The van der Waals surface area contributed by atoms with E-state index in [9.17, 15) is 0 Å². The Morgan fingerprint density at radius 2 is 2.26 bits per heavy atom. The van der Waals surface area contributed by atoms with Gasteiger partial charge in [-0.25, -0.2) is 9.97 Å². The Balaban J connectivity index is 2.33. The minimum atomic E-state index is 0.175. The van der Waals surface area contributed by atoms with E-state index in [0.717, 1.165) is 15.1 Å². The van der Waals surface area contributed by atoms with E-state index in [0.29, 0.717) is 5.16 Å². The highest BCUT2D eigenvalue weighted by molar-refractivity contribution is 9.10. The maximum Gasteiger partial charge on any atom is 0.194 e. The molecule has 7 heteroatoms. The van der Waals surface area contributed by atoms with Crippen LogP contribution in [0.1, 0.15) is 5.56 Å². The van der Waals surface area contributed by atoms with E-state index in [2.05, 4.69) is 25.9 Å². The second-order valence-corrected chi connectivity index (χ2v) is 5.39. The maximum absolute atomic E-state index is 8.77. The van der Waals surface area contributed by atoms with Gasteiger partial charge in [-0.15, -0.1) is 0 Å². The first kappa shape index (κ1) is 13.6. The fourth-order valence-electron chi connectivity index (χ4n) is 1.34. The summed E-state index contributed by atoms with van der Waals surface area (Å²) < 4.78 is 6.20. The number of hydrogen-bond acceptors (Lipinski definition) is 6. The lowest BCUT2D eigenvalue weighted by atomic mass is 10.3. The smallest absolute Gasteiger partial charge is 0.194 e. The van der Waals surface area contributed by atoms with Crippen molar-refractivity contribution in [2.75, 3.05) is 12.8 Å². The lowest BCUT2D eigenvalue weighted by Crippen LogP contribution is -1.98. The summed E-state index contributed by atoms with van der Waals surface area (Å²) in [6.07, 6.45) is 1.41. The summed E-state index contributed by atoms with van der Waals surface area (Å²) in [6, 6.07) is 7.56. The summed E-state index contributed by atoms with van der Waals surface area (Å²) >= 11 is 4.72. The number of methoxy groups -OCH3 is 1. The molecule has 0 saturated carbocycles. The van der Waals surface area contributed by atoms with Crippen LogP contribution in [-0.4, -0.2) is 17.1 Å². The van der Waals surface area contributed by atoms with Gasteiger partial charge in [0.05, 0.1) is 18.2 Å². The molecule has 0 aliphatic carbocycles. The maximum atomic E-state index is 8.77. The van der Waals surface area contributed by atoms with Gasteiger partial charge in [0, 0.05) is 4.47 Å². The van der Waals surface area contributed by atoms with Crippen LogP contribution in [0.15, 0.2) is 38.9 Å². The normalized spacial score (nSPS) is 9.95. The molecule has 96 valence electrons. The molecule has 0 aliphatic rings. The highest BCUT2D eigenvalue weighted by Gasteiger charge is 2.09. The molecule has 0 spiro atoms. The number of anilines is 1. The Morgan fingerprint density at radius 3 is 2.89 bits per heavy atom. The van der Waals surface area contributed by atoms with Crippen LogP contribution in [0.5, 0.6) is 5.75 Å². The van der Waals surface area contributed by atoms with Gasteiger partial charge in [0.2, 0.25) is 0 Å². The van der Waals surface area contributed by atoms with Crippen molar-refractivity contribution in [2.24, 2.45) is 0 Å². The van der Waals surface area contributed by atoms with Gasteiger partial charge in [0.25, 0.3) is 0 Å². The fraction of sp³-hybridized carbons (Fsp3) is 0.0833. The van der Waals surface area contributed by atoms with Crippen molar-refractivity contribution in [3.8, 4) is 11.8 Å². The van der Waals surface area contributed by atoms with Crippen molar-refractivity contribution < 1.29 is 4.74 Å². The van der Waals surface area contributed by atoms with E-state index in [1.807, 2.05) is 24.3 Å². The number of benzene rings is 1. The highest BCUT2D eigenvalue weighted by Crippen LogP contribution is 2.35. The molecule has 1 heterocycles. The molecule has 0 bridgehead atoms. The summed E-state index contributed by atoms with van der Waals surface area (Å²) in [5, 5.41) is 9.24. The third kappa shape index (κ3) is 3.16. The lowest BCUT2D eigenvalue weighted by Gasteiger charge is -2.08. The first-order valence-electron chi connectivity index (χ1n) is 5.18. The Morgan fingerprint density at radius 1 is 1.47 bits per heavy atom. The van der Waals surface area contributed by atoms with Crippen LogP contribution >= 0.6 is 27.7 Å². The van der Waals surface area contributed by atoms with Crippen molar-refractivity contribution in [1.82, 2.24) is 9.97 Å². The zero-order valence-electron chi connectivity index (χ0n) is 9.92.